The average Bonchev–Trinajstić information content (AvgIpc) is 3.23. The van der Waals surface area contributed by atoms with Gasteiger partial charge in [-0.25, -0.2) is 4.68 Å². The molecule has 1 aliphatic rings. The van der Waals surface area contributed by atoms with Crippen molar-refractivity contribution in [3.63, 3.8) is 0 Å². The van der Waals surface area contributed by atoms with Gasteiger partial charge in [0.05, 0.1) is 5.69 Å². The Hall–Kier alpha value is -2.43. The molecule has 2 heterocycles. The number of likely N-dealkylation sites (tertiary alicyclic amines) is 1. The lowest BCUT2D eigenvalue weighted by molar-refractivity contribution is 0.0811. The first-order valence-electron chi connectivity index (χ1n) is 9.30. The van der Waals surface area contributed by atoms with E-state index in [1.165, 1.54) is 5.56 Å². The first-order valence-corrected chi connectivity index (χ1v) is 9.68. The largest absolute Gasteiger partial charge is 0.298 e. The van der Waals surface area contributed by atoms with Gasteiger partial charge in [-0.1, -0.05) is 35.9 Å². The van der Waals surface area contributed by atoms with E-state index >= 15 is 0 Å². The lowest BCUT2D eigenvalue weighted by atomic mass is 9.90. The highest BCUT2D eigenvalue weighted by atomic mass is 35.5. The van der Waals surface area contributed by atoms with Gasteiger partial charge in [0.1, 0.15) is 0 Å². The third-order valence-corrected chi connectivity index (χ3v) is 5.33. The molecule has 0 bridgehead atoms. The summed E-state index contributed by atoms with van der Waals surface area (Å²) in [6.07, 6.45) is 5.70. The van der Waals surface area contributed by atoms with Crippen molar-refractivity contribution in [2.45, 2.75) is 19.4 Å². The third kappa shape index (κ3) is 4.29. The molecule has 0 saturated carbocycles. The monoisotopic (exact) mass is 379 g/mol. The number of Topliss-reactive ketones (excluding diaryl/α,β-unsaturated/α-hetero) is 1. The summed E-state index contributed by atoms with van der Waals surface area (Å²) in [6, 6.07) is 17.6. The second-order valence-electron chi connectivity index (χ2n) is 7.07. The van der Waals surface area contributed by atoms with E-state index in [0.29, 0.717) is 5.02 Å². The molecule has 4 nitrogen and oxygen atoms in total. The van der Waals surface area contributed by atoms with Crippen LogP contribution in [-0.4, -0.2) is 33.6 Å². The highest BCUT2D eigenvalue weighted by molar-refractivity contribution is 6.31. The van der Waals surface area contributed by atoms with Crippen LogP contribution in [0.3, 0.4) is 0 Å². The van der Waals surface area contributed by atoms with Crippen LogP contribution in [0.25, 0.3) is 5.69 Å². The lowest BCUT2D eigenvalue weighted by Gasteiger charge is -2.32. The second-order valence-corrected chi connectivity index (χ2v) is 7.50. The fourth-order valence-electron chi connectivity index (χ4n) is 3.72. The molecule has 5 heteroatoms. The SMILES string of the molecule is O=C(c1cccc(Cl)c1)C1CCCN(Cc2ccc(-n3cccn3)cc2)C1. The van der Waals surface area contributed by atoms with Crippen LogP contribution < -0.4 is 0 Å². The molecule has 0 aliphatic carbocycles. The van der Waals surface area contributed by atoms with Gasteiger partial charge in [-0.15, -0.1) is 0 Å². The normalized spacial score (nSPS) is 17.7. The number of nitrogens with zero attached hydrogens (tertiary/aromatic N) is 3. The lowest BCUT2D eigenvalue weighted by Crippen LogP contribution is -2.38. The topological polar surface area (TPSA) is 38.1 Å². The molecule has 1 atom stereocenters. The molecule has 27 heavy (non-hydrogen) atoms. The zero-order valence-corrected chi connectivity index (χ0v) is 15.8. The maximum atomic E-state index is 12.8. The van der Waals surface area contributed by atoms with Crippen molar-refractivity contribution in [3.05, 3.63) is 83.1 Å². The molecule has 0 amide bonds. The van der Waals surface area contributed by atoms with Gasteiger partial charge >= 0.3 is 0 Å². The number of carbonyl (C=O) groups is 1. The molecule has 1 unspecified atom stereocenters. The number of carbonyl (C=O) groups excluding carboxylic acids is 1. The minimum atomic E-state index is 0.0422. The van der Waals surface area contributed by atoms with Crippen LogP contribution in [-0.2, 0) is 6.54 Å². The van der Waals surface area contributed by atoms with Gasteiger partial charge < -0.3 is 0 Å². The molecule has 4 rings (SSSR count). The predicted octanol–water partition coefficient (Wildman–Crippen LogP) is 4.62. The molecule has 1 fully saturated rings. The molecule has 0 spiro atoms. The molecule has 1 aromatic heterocycles. The molecule has 0 radical (unpaired) electrons. The number of hydrogen-bond acceptors (Lipinski definition) is 3. The quantitative estimate of drug-likeness (QED) is 0.607. The Labute approximate surface area is 164 Å². The number of hydrogen-bond donors (Lipinski definition) is 0. The fourth-order valence-corrected chi connectivity index (χ4v) is 3.91. The van der Waals surface area contributed by atoms with Crippen LogP contribution >= 0.6 is 11.6 Å². The molecule has 2 aromatic carbocycles. The summed E-state index contributed by atoms with van der Waals surface area (Å²) in [5.41, 5.74) is 3.02. The van der Waals surface area contributed by atoms with E-state index in [4.69, 9.17) is 11.6 Å². The Balaban J connectivity index is 1.40. The average molecular weight is 380 g/mol. The summed E-state index contributed by atoms with van der Waals surface area (Å²) < 4.78 is 1.85. The molecular weight excluding hydrogens is 358 g/mol. The fraction of sp³-hybridized carbons (Fsp3) is 0.273. The minimum absolute atomic E-state index is 0.0422. The van der Waals surface area contributed by atoms with Gasteiger partial charge in [-0.2, -0.15) is 5.10 Å². The zero-order valence-electron chi connectivity index (χ0n) is 15.1. The summed E-state index contributed by atoms with van der Waals surface area (Å²) >= 11 is 6.04. The summed E-state index contributed by atoms with van der Waals surface area (Å²) in [5, 5.41) is 4.87. The highest BCUT2D eigenvalue weighted by Gasteiger charge is 2.26. The van der Waals surface area contributed by atoms with Crippen molar-refractivity contribution in [3.8, 4) is 5.69 Å². The summed E-state index contributed by atoms with van der Waals surface area (Å²) in [6.45, 7) is 2.69. The van der Waals surface area contributed by atoms with Crippen LogP contribution in [0.15, 0.2) is 67.0 Å². The van der Waals surface area contributed by atoms with Gasteiger partial charge in [0.25, 0.3) is 0 Å². The van der Waals surface area contributed by atoms with Crippen molar-refractivity contribution < 1.29 is 4.79 Å². The Kier molecular flexibility index (Phi) is 5.37. The maximum Gasteiger partial charge on any atom is 0.167 e. The summed E-state index contributed by atoms with van der Waals surface area (Å²) in [5.74, 6) is 0.247. The Morgan fingerprint density at radius 3 is 2.74 bits per heavy atom. The molecule has 3 aromatic rings. The van der Waals surface area contributed by atoms with Crippen LogP contribution in [0.2, 0.25) is 5.02 Å². The number of halogens is 1. The highest BCUT2D eigenvalue weighted by Crippen LogP contribution is 2.24. The van der Waals surface area contributed by atoms with Crippen molar-refractivity contribution in [2.24, 2.45) is 5.92 Å². The van der Waals surface area contributed by atoms with E-state index < -0.39 is 0 Å². The first-order chi connectivity index (χ1) is 13.2. The van der Waals surface area contributed by atoms with Gasteiger partial charge in [-0.05, 0) is 55.3 Å². The predicted molar refractivity (Wildman–Crippen MR) is 107 cm³/mol. The van der Waals surface area contributed by atoms with Crippen molar-refractivity contribution in [1.29, 1.82) is 0 Å². The van der Waals surface area contributed by atoms with Gasteiger partial charge in [0.15, 0.2) is 5.78 Å². The standard InChI is InChI=1S/C22H22ClN3O/c23-20-6-1-4-18(14-20)22(27)19-5-2-12-25(16-19)15-17-7-9-21(10-8-17)26-13-3-11-24-26/h1,3-4,6-11,13-14,19H,2,5,12,15-16H2. The first kappa shape index (κ1) is 18.0. The summed E-state index contributed by atoms with van der Waals surface area (Å²) in [4.78, 5) is 15.2. The van der Waals surface area contributed by atoms with E-state index in [1.54, 1.807) is 18.3 Å². The van der Waals surface area contributed by atoms with Crippen molar-refractivity contribution in [2.75, 3.05) is 13.1 Å². The second kappa shape index (κ2) is 8.07. The number of ketones is 1. The number of aromatic nitrogens is 2. The van der Waals surface area contributed by atoms with E-state index in [1.807, 2.05) is 29.1 Å². The molecule has 1 saturated heterocycles. The minimum Gasteiger partial charge on any atom is -0.298 e. The smallest absolute Gasteiger partial charge is 0.167 e. The third-order valence-electron chi connectivity index (χ3n) is 5.10. The van der Waals surface area contributed by atoms with Crippen molar-refractivity contribution >= 4 is 17.4 Å². The van der Waals surface area contributed by atoms with Crippen LogP contribution in [0, 0.1) is 5.92 Å². The number of benzene rings is 2. The van der Waals surface area contributed by atoms with Crippen LogP contribution in [0.5, 0.6) is 0 Å². The van der Waals surface area contributed by atoms with Gasteiger partial charge in [-0.3, -0.25) is 9.69 Å². The number of rotatable bonds is 5. The van der Waals surface area contributed by atoms with Gasteiger partial charge in [0, 0.05) is 42.0 Å². The Bertz CT molecular complexity index is 906. The molecule has 0 N–H and O–H groups in total. The Morgan fingerprint density at radius 1 is 1.15 bits per heavy atom. The summed E-state index contributed by atoms with van der Waals surface area (Å²) in [7, 11) is 0. The van der Waals surface area contributed by atoms with Crippen LogP contribution in [0.4, 0.5) is 0 Å². The van der Waals surface area contributed by atoms with E-state index in [2.05, 4.69) is 34.3 Å². The van der Waals surface area contributed by atoms with E-state index in [9.17, 15) is 4.79 Å². The van der Waals surface area contributed by atoms with Crippen LogP contribution in [0.1, 0.15) is 28.8 Å². The molecule has 138 valence electrons. The molecular formula is C22H22ClN3O. The number of piperidine rings is 1. The van der Waals surface area contributed by atoms with E-state index in [0.717, 1.165) is 43.7 Å². The zero-order chi connectivity index (χ0) is 18.6. The molecule has 1 aliphatic heterocycles. The van der Waals surface area contributed by atoms with E-state index in [-0.39, 0.29) is 11.7 Å². The van der Waals surface area contributed by atoms with Gasteiger partial charge in [0.2, 0.25) is 0 Å². The Morgan fingerprint density at radius 2 is 2.00 bits per heavy atom. The maximum absolute atomic E-state index is 12.8. The van der Waals surface area contributed by atoms with Crippen molar-refractivity contribution in [1.82, 2.24) is 14.7 Å².